The number of nitrogens with zero attached hydrogens (tertiary/aromatic N) is 4. The van der Waals surface area contributed by atoms with E-state index in [4.69, 9.17) is 63.2 Å². The molecule has 0 radical (unpaired) electrons. The molecule has 21 heavy (non-hydrogen) atoms. The zero-order chi connectivity index (χ0) is 17.8. The number of aliphatic imine (C=N–C) groups is 1. The molecule has 0 rings (SSSR count). The molecule has 9 N–H and O–H groups in total. The third-order valence-electron chi connectivity index (χ3n) is 0.907. The minimum atomic E-state index is -1.50. The van der Waals surface area contributed by atoms with Gasteiger partial charge in [-0.2, -0.15) is 0 Å². The molecule has 0 aliphatic rings. The molecule has 0 amide bonds. The van der Waals surface area contributed by atoms with Crippen LogP contribution >= 0.6 is 0 Å². The molecule has 0 bridgehead atoms. The van der Waals surface area contributed by atoms with Crippen LogP contribution in [0.2, 0.25) is 0 Å². The lowest BCUT2D eigenvalue weighted by Gasteiger charge is -1.92. The summed E-state index contributed by atoms with van der Waals surface area (Å²) in [5.41, 5.74) is 15.4. The number of unbranched alkanes of at least 4 members (excludes halogenated alkanes) is 1. The molecule has 0 atom stereocenters. The minimum absolute atomic E-state index is 0.159. The van der Waals surface area contributed by atoms with Gasteiger partial charge in [0, 0.05) is 6.54 Å². The van der Waals surface area contributed by atoms with Gasteiger partial charge in [0.15, 0.2) is 5.96 Å². The number of guanidine groups is 1. The Hall–Kier alpha value is -3.17. The lowest BCUT2D eigenvalue weighted by molar-refractivity contribution is -0.742. The van der Waals surface area contributed by atoms with Crippen molar-refractivity contribution >= 4 is 5.96 Å². The van der Waals surface area contributed by atoms with Gasteiger partial charge in [0.1, 0.15) is 0 Å². The topological polar surface area (TPSA) is 281 Å². The molecule has 0 fully saturated rings. The molecule has 16 nitrogen and oxygen atoms in total. The fourth-order valence-corrected chi connectivity index (χ4v) is 0.464. The summed E-state index contributed by atoms with van der Waals surface area (Å²) in [6.07, 6.45) is 1.95. The standard InChI is InChI=1S/C5H14N4.3HNO3/c6-3-1-2-4-9-5(7)8;3*2-1(3)4/h1-4,6H2,(H4,7,8,9);3*(H,2,3,4). The Bertz CT molecular complexity index is 264. The van der Waals surface area contributed by atoms with Gasteiger partial charge in [-0.05, 0) is 19.4 Å². The second-order valence-electron chi connectivity index (χ2n) is 2.52. The number of hydrogen-bond donors (Lipinski definition) is 6. The van der Waals surface area contributed by atoms with Crippen LogP contribution in [0.4, 0.5) is 0 Å². The highest BCUT2D eigenvalue weighted by atomic mass is 16.9. The van der Waals surface area contributed by atoms with Crippen molar-refractivity contribution in [3.05, 3.63) is 30.3 Å². The summed E-state index contributed by atoms with van der Waals surface area (Å²) in [4.78, 5) is 28.9. The Labute approximate surface area is 116 Å². The average molecular weight is 319 g/mol. The molecule has 126 valence electrons. The number of hydrogen-bond acceptors (Lipinski definition) is 8. The van der Waals surface area contributed by atoms with E-state index in [0.29, 0.717) is 13.1 Å². The third-order valence-corrected chi connectivity index (χ3v) is 0.907. The SMILES string of the molecule is NCCCCN=C(N)N.O=[N+]([O-])O.O=[N+]([O-])O.O=[N+]([O-])O. The lowest BCUT2D eigenvalue weighted by Crippen LogP contribution is -2.23. The van der Waals surface area contributed by atoms with Crippen LogP contribution in [0, 0.1) is 30.3 Å². The van der Waals surface area contributed by atoms with E-state index in [-0.39, 0.29) is 5.96 Å². The van der Waals surface area contributed by atoms with Gasteiger partial charge in [-0.3, -0.25) is 4.99 Å². The molecular formula is C5H17N7O9. The van der Waals surface area contributed by atoms with Gasteiger partial charge in [-0.25, -0.2) is 0 Å². The van der Waals surface area contributed by atoms with Gasteiger partial charge >= 0.3 is 0 Å². The molecule has 0 aromatic heterocycles. The maximum atomic E-state index is 8.36. The molecular weight excluding hydrogens is 302 g/mol. The smallest absolute Gasteiger partial charge is 0.291 e. The molecule has 16 heteroatoms. The molecule has 0 aromatic rings. The maximum Gasteiger partial charge on any atom is 0.291 e. The summed E-state index contributed by atoms with van der Waals surface area (Å²) in [6, 6.07) is 0. The third kappa shape index (κ3) is 462. The molecule has 0 aliphatic heterocycles. The second kappa shape index (κ2) is 22.0. The van der Waals surface area contributed by atoms with Crippen molar-refractivity contribution in [1.29, 1.82) is 0 Å². The Morgan fingerprint density at radius 1 is 0.905 bits per heavy atom. The highest BCUT2D eigenvalue weighted by Gasteiger charge is 1.82. The lowest BCUT2D eigenvalue weighted by atomic mass is 10.3. The van der Waals surface area contributed by atoms with Crippen LogP contribution in [0.1, 0.15) is 12.8 Å². The molecule has 0 saturated heterocycles. The molecule has 0 aliphatic carbocycles. The first-order valence-corrected chi connectivity index (χ1v) is 4.72. The van der Waals surface area contributed by atoms with E-state index >= 15 is 0 Å². The Morgan fingerprint density at radius 2 is 1.19 bits per heavy atom. The fourth-order valence-electron chi connectivity index (χ4n) is 0.464. The van der Waals surface area contributed by atoms with Crippen molar-refractivity contribution in [2.45, 2.75) is 12.8 Å². The van der Waals surface area contributed by atoms with E-state index in [1.165, 1.54) is 0 Å². The quantitative estimate of drug-likeness (QED) is 0.107. The zero-order valence-corrected chi connectivity index (χ0v) is 10.6. The van der Waals surface area contributed by atoms with Gasteiger partial charge in [-0.15, -0.1) is 30.3 Å². The average Bonchev–Trinajstić information content (AvgIpc) is 2.21. The van der Waals surface area contributed by atoms with Crippen LogP contribution in [-0.2, 0) is 0 Å². The maximum absolute atomic E-state index is 8.36. The molecule has 0 aromatic carbocycles. The van der Waals surface area contributed by atoms with Crippen LogP contribution in [-0.4, -0.2) is 49.9 Å². The van der Waals surface area contributed by atoms with Gasteiger partial charge in [0.05, 0.1) is 0 Å². The largest absolute Gasteiger partial charge is 0.370 e. The summed E-state index contributed by atoms with van der Waals surface area (Å²) in [5.74, 6) is 0.159. The summed E-state index contributed by atoms with van der Waals surface area (Å²) in [7, 11) is 0. The second-order valence-corrected chi connectivity index (χ2v) is 2.52. The summed E-state index contributed by atoms with van der Waals surface area (Å²) >= 11 is 0. The van der Waals surface area contributed by atoms with Crippen LogP contribution < -0.4 is 17.2 Å². The molecule has 0 heterocycles. The molecule has 0 spiro atoms. The highest BCUT2D eigenvalue weighted by molar-refractivity contribution is 5.75. The normalized spacial score (nSPS) is 7.29. The molecule has 0 saturated carbocycles. The van der Waals surface area contributed by atoms with Crippen LogP contribution in [0.25, 0.3) is 0 Å². The van der Waals surface area contributed by atoms with E-state index < -0.39 is 15.3 Å². The van der Waals surface area contributed by atoms with Gasteiger partial charge in [-0.1, -0.05) is 0 Å². The summed E-state index contributed by atoms with van der Waals surface area (Å²) in [5, 5.41) is 40.9. The van der Waals surface area contributed by atoms with Gasteiger partial charge < -0.3 is 32.8 Å². The summed E-state index contributed by atoms with van der Waals surface area (Å²) < 4.78 is 0. The molecule has 0 unspecified atom stereocenters. The van der Waals surface area contributed by atoms with E-state index in [2.05, 4.69) is 4.99 Å². The highest BCUT2D eigenvalue weighted by Crippen LogP contribution is 1.84. The van der Waals surface area contributed by atoms with E-state index in [1.807, 2.05) is 0 Å². The van der Waals surface area contributed by atoms with E-state index in [0.717, 1.165) is 12.8 Å². The summed E-state index contributed by atoms with van der Waals surface area (Å²) in [6.45, 7) is 1.40. The van der Waals surface area contributed by atoms with Crippen molar-refractivity contribution in [3.63, 3.8) is 0 Å². The Balaban J connectivity index is -0.000000102. The first-order chi connectivity index (χ1) is 9.47. The first kappa shape index (κ1) is 26.4. The van der Waals surface area contributed by atoms with Crippen LogP contribution in [0.5, 0.6) is 0 Å². The van der Waals surface area contributed by atoms with Crippen molar-refractivity contribution in [2.24, 2.45) is 22.2 Å². The Morgan fingerprint density at radius 3 is 1.38 bits per heavy atom. The van der Waals surface area contributed by atoms with Crippen LogP contribution in [0.15, 0.2) is 4.99 Å². The van der Waals surface area contributed by atoms with Crippen molar-refractivity contribution in [1.82, 2.24) is 0 Å². The van der Waals surface area contributed by atoms with E-state index in [9.17, 15) is 0 Å². The van der Waals surface area contributed by atoms with Crippen LogP contribution in [0.3, 0.4) is 0 Å². The number of nitrogens with two attached hydrogens (primary N) is 3. The first-order valence-electron chi connectivity index (χ1n) is 4.72. The zero-order valence-electron chi connectivity index (χ0n) is 10.6. The number of rotatable bonds is 4. The van der Waals surface area contributed by atoms with Gasteiger partial charge in [0.25, 0.3) is 15.3 Å². The fraction of sp³-hybridized carbons (Fsp3) is 0.800. The van der Waals surface area contributed by atoms with Crippen molar-refractivity contribution in [3.8, 4) is 0 Å². The predicted octanol–water partition coefficient (Wildman–Crippen LogP) is -2.04. The van der Waals surface area contributed by atoms with E-state index in [1.54, 1.807) is 0 Å². The Kier molecular flexibility index (Phi) is 27.7. The van der Waals surface area contributed by atoms with Crippen molar-refractivity contribution in [2.75, 3.05) is 13.1 Å². The van der Waals surface area contributed by atoms with Crippen molar-refractivity contribution < 1.29 is 30.9 Å². The van der Waals surface area contributed by atoms with Gasteiger partial charge in [0.2, 0.25) is 0 Å². The predicted molar refractivity (Wildman–Crippen MR) is 65.3 cm³/mol. The minimum Gasteiger partial charge on any atom is -0.370 e. The monoisotopic (exact) mass is 319 g/mol.